The highest BCUT2D eigenvalue weighted by molar-refractivity contribution is 5.76. The van der Waals surface area contributed by atoms with Gasteiger partial charge in [0.2, 0.25) is 5.91 Å². The molecule has 0 aromatic heterocycles. The van der Waals surface area contributed by atoms with Crippen molar-refractivity contribution in [3.05, 3.63) is 35.4 Å². The van der Waals surface area contributed by atoms with Gasteiger partial charge < -0.3 is 10.6 Å². The minimum Gasteiger partial charge on any atom is -0.349 e. The Labute approximate surface area is 146 Å². The van der Waals surface area contributed by atoms with E-state index in [1.165, 1.54) is 30.4 Å². The van der Waals surface area contributed by atoms with E-state index in [9.17, 15) is 4.79 Å². The molecule has 3 rings (SSSR count). The van der Waals surface area contributed by atoms with E-state index in [4.69, 9.17) is 0 Å². The first-order chi connectivity index (χ1) is 11.6. The predicted molar refractivity (Wildman–Crippen MR) is 98.8 cm³/mol. The van der Waals surface area contributed by atoms with E-state index in [2.05, 4.69) is 48.7 Å². The van der Waals surface area contributed by atoms with Crippen LogP contribution in [-0.4, -0.2) is 19.0 Å². The van der Waals surface area contributed by atoms with Gasteiger partial charge in [-0.25, -0.2) is 0 Å². The zero-order valence-electron chi connectivity index (χ0n) is 15.2. The molecule has 1 aromatic rings. The predicted octanol–water partition coefficient (Wildman–Crippen LogP) is 3.84. The van der Waals surface area contributed by atoms with E-state index in [0.29, 0.717) is 24.2 Å². The van der Waals surface area contributed by atoms with Gasteiger partial charge in [-0.05, 0) is 74.1 Å². The lowest BCUT2D eigenvalue weighted by Crippen LogP contribution is -2.30. The van der Waals surface area contributed by atoms with Crippen LogP contribution in [-0.2, 0) is 11.2 Å². The molecule has 2 N–H and O–H groups in total. The van der Waals surface area contributed by atoms with Crippen LogP contribution in [0.3, 0.4) is 0 Å². The van der Waals surface area contributed by atoms with Gasteiger partial charge in [0.25, 0.3) is 0 Å². The summed E-state index contributed by atoms with van der Waals surface area (Å²) < 4.78 is 0. The van der Waals surface area contributed by atoms with E-state index in [0.717, 1.165) is 25.9 Å². The third-order valence-corrected chi connectivity index (χ3v) is 5.33. The van der Waals surface area contributed by atoms with Gasteiger partial charge in [-0.2, -0.15) is 0 Å². The third kappa shape index (κ3) is 5.07. The molecule has 132 valence electrons. The summed E-state index contributed by atoms with van der Waals surface area (Å²) in [6.07, 6.45) is 6.51. The highest BCUT2D eigenvalue weighted by Gasteiger charge is 2.33. The molecule has 0 radical (unpaired) electrons. The minimum atomic E-state index is 0.215. The van der Waals surface area contributed by atoms with Gasteiger partial charge >= 0.3 is 0 Å². The molecule has 2 atom stereocenters. The van der Waals surface area contributed by atoms with E-state index in [-0.39, 0.29) is 11.9 Å². The van der Waals surface area contributed by atoms with Crippen molar-refractivity contribution in [1.29, 1.82) is 0 Å². The van der Waals surface area contributed by atoms with Crippen molar-refractivity contribution in [3.8, 4) is 0 Å². The lowest BCUT2D eigenvalue weighted by atomic mass is 9.97. The highest BCUT2D eigenvalue weighted by Crippen LogP contribution is 2.41. The van der Waals surface area contributed by atoms with Crippen LogP contribution in [0.15, 0.2) is 24.3 Å². The van der Waals surface area contributed by atoms with Gasteiger partial charge in [0.15, 0.2) is 0 Å². The Morgan fingerprint density at radius 3 is 2.54 bits per heavy atom. The van der Waals surface area contributed by atoms with Gasteiger partial charge in [-0.3, -0.25) is 4.79 Å². The first-order valence-electron chi connectivity index (χ1n) is 9.70. The maximum Gasteiger partial charge on any atom is 0.220 e. The van der Waals surface area contributed by atoms with Gasteiger partial charge in [0, 0.05) is 6.42 Å². The Morgan fingerprint density at radius 1 is 1.21 bits per heavy atom. The molecule has 0 bridgehead atoms. The monoisotopic (exact) mass is 328 g/mol. The first-order valence-corrected chi connectivity index (χ1v) is 9.70. The second kappa shape index (κ2) is 8.15. The van der Waals surface area contributed by atoms with Crippen molar-refractivity contribution in [2.75, 3.05) is 13.1 Å². The molecule has 2 unspecified atom stereocenters. The summed E-state index contributed by atoms with van der Waals surface area (Å²) in [5, 5.41) is 6.70. The molecule has 1 amide bonds. The number of nitrogens with one attached hydrogen (secondary N) is 2. The molecule has 1 aliphatic carbocycles. The van der Waals surface area contributed by atoms with Gasteiger partial charge in [0.1, 0.15) is 0 Å². The molecular weight excluding hydrogens is 296 g/mol. The van der Waals surface area contributed by atoms with Crippen LogP contribution in [0, 0.1) is 17.8 Å². The van der Waals surface area contributed by atoms with E-state index in [1.54, 1.807) is 0 Å². The second-order valence-electron chi connectivity index (χ2n) is 8.12. The Balaban J connectivity index is 1.55. The zero-order valence-corrected chi connectivity index (χ0v) is 15.2. The van der Waals surface area contributed by atoms with Crippen molar-refractivity contribution in [2.24, 2.45) is 17.8 Å². The maximum absolute atomic E-state index is 12.4. The van der Waals surface area contributed by atoms with Crippen molar-refractivity contribution < 1.29 is 4.79 Å². The lowest BCUT2D eigenvalue weighted by molar-refractivity contribution is -0.122. The third-order valence-electron chi connectivity index (χ3n) is 5.33. The molecule has 1 aliphatic heterocycles. The largest absolute Gasteiger partial charge is 0.349 e. The molecule has 1 heterocycles. The van der Waals surface area contributed by atoms with Crippen molar-refractivity contribution in [2.45, 2.75) is 58.4 Å². The maximum atomic E-state index is 12.4. The van der Waals surface area contributed by atoms with Crippen LogP contribution in [0.5, 0.6) is 0 Å². The molecule has 1 aromatic carbocycles. The number of rotatable bonds is 8. The summed E-state index contributed by atoms with van der Waals surface area (Å²) in [5.41, 5.74) is 2.67. The smallest absolute Gasteiger partial charge is 0.220 e. The van der Waals surface area contributed by atoms with Crippen LogP contribution in [0.4, 0.5) is 0 Å². The number of carbonyl (C=O) groups is 1. The summed E-state index contributed by atoms with van der Waals surface area (Å²) in [6.45, 7) is 6.69. The van der Waals surface area contributed by atoms with E-state index in [1.807, 2.05) is 0 Å². The van der Waals surface area contributed by atoms with Crippen molar-refractivity contribution in [3.63, 3.8) is 0 Å². The second-order valence-corrected chi connectivity index (χ2v) is 8.12. The molecular formula is C21H32N2O. The number of carbonyl (C=O) groups excluding carboxylic acids is 1. The van der Waals surface area contributed by atoms with E-state index < -0.39 is 0 Å². The van der Waals surface area contributed by atoms with Crippen LogP contribution < -0.4 is 10.6 Å². The highest BCUT2D eigenvalue weighted by atomic mass is 16.1. The summed E-state index contributed by atoms with van der Waals surface area (Å²) in [7, 11) is 0. The Bertz CT molecular complexity index is 527. The Morgan fingerprint density at radius 2 is 1.96 bits per heavy atom. The number of hydrogen-bond donors (Lipinski definition) is 2. The van der Waals surface area contributed by atoms with Crippen LogP contribution >= 0.6 is 0 Å². The summed E-state index contributed by atoms with van der Waals surface area (Å²) in [5.74, 6) is 2.23. The van der Waals surface area contributed by atoms with Crippen LogP contribution in [0.2, 0.25) is 0 Å². The average Bonchev–Trinajstić information content (AvgIpc) is 3.26. The molecule has 24 heavy (non-hydrogen) atoms. The fourth-order valence-electron chi connectivity index (χ4n) is 3.78. The fourth-order valence-corrected chi connectivity index (χ4v) is 3.78. The zero-order chi connectivity index (χ0) is 16.9. The number of amides is 1. The molecule has 3 nitrogen and oxygen atoms in total. The Hall–Kier alpha value is -1.35. The molecule has 3 heteroatoms. The Kier molecular flexibility index (Phi) is 5.94. The van der Waals surface area contributed by atoms with Gasteiger partial charge in [0.05, 0.1) is 6.04 Å². The van der Waals surface area contributed by atoms with Crippen LogP contribution in [0.25, 0.3) is 0 Å². The quantitative estimate of drug-likeness (QED) is 0.761. The fraction of sp³-hybridized carbons (Fsp3) is 0.667. The van der Waals surface area contributed by atoms with Crippen molar-refractivity contribution in [1.82, 2.24) is 10.6 Å². The molecule has 2 fully saturated rings. The van der Waals surface area contributed by atoms with Gasteiger partial charge in [-0.15, -0.1) is 0 Å². The SMILES string of the molecule is CC(C)Cc1ccc(C(NC(=O)CCC2CCNC2)C2CC2)cc1. The van der Waals surface area contributed by atoms with Crippen LogP contribution in [0.1, 0.15) is 63.1 Å². The average molecular weight is 329 g/mol. The lowest BCUT2D eigenvalue weighted by Gasteiger charge is -2.20. The first kappa shape index (κ1) is 17.5. The molecule has 0 spiro atoms. The number of hydrogen-bond acceptors (Lipinski definition) is 2. The molecule has 1 saturated carbocycles. The minimum absolute atomic E-state index is 0.215. The summed E-state index contributed by atoms with van der Waals surface area (Å²) >= 11 is 0. The number of benzene rings is 1. The molecule has 1 saturated heterocycles. The summed E-state index contributed by atoms with van der Waals surface area (Å²) in [4.78, 5) is 12.4. The van der Waals surface area contributed by atoms with Crippen molar-refractivity contribution >= 4 is 5.91 Å². The van der Waals surface area contributed by atoms with Gasteiger partial charge in [-0.1, -0.05) is 38.1 Å². The van der Waals surface area contributed by atoms with E-state index >= 15 is 0 Å². The summed E-state index contributed by atoms with van der Waals surface area (Å²) in [6, 6.07) is 9.14. The molecule has 2 aliphatic rings. The normalized spacial score (nSPS) is 21.9. The standard InChI is InChI=1S/C21H32N2O/c1-15(2)13-16-3-6-18(7-4-16)21(19-8-9-19)23-20(24)10-5-17-11-12-22-14-17/h3-4,6-7,15,17,19,21-22H,5,8-14H2,1-2H3,(H,23,24). The topological polar surface area (TPSA) is 41.1 Å².